The fourth-order valence-corrected chi connectivity index (χ4v) is 2.08. The molecule has 0 saturated carbocycles. The molecule has 0 aliphatic carbocycles. The summed E-state index contributed by atoms with van der Waals surface area (Å²) in [5.41, 5.74) is 5.47. The second-order valence-corrected chi connectivity index (χ2v) is 4.33. The highest BCUT2D eigenvalue weighted by atomic mass is 16.6. The van der Waals surface area contributed by atoms with E-state index in [9.17, 15) is 9.59 Å². The van der Waals surface area contributed by atoms with E-state index in [1.807, 2.05) is 0 Å². The molecule has 0 atom stereocenters. The number of carboxylic acids is 1. The molecule has 18 heavy (non-hydrogen) atoms. The Balaban J connectivity index is 1.92. The first-order valence-corrected chi connectivity index (χ1v) is 5.67. The third kappa shape index (κ3) is 2.58. The third-order valence-corrected chi connectivity index (χ3v) is 3.08. The molecule has 0 aromatic carbocycles. The SMILES string of the molecule is Nc1nonc1C(=O)N1CCC(CC(=O)O)CC1. The number of anilines is 1. The van der Waals surface area contributed by atoms with Crippen molar-refractivity contribution in [1.82, 2.24) is 15.2 Å². The standard InChI is InChI=1S/C10H14N4O4/c11-9-8(12-18-13-9)10(17)14-3-1-6(2-4-14)5-7(15)16/h6H,1-5H2,(H2,11,13)(H,15,16). The van der Waals surface area contributed by atoms with Gasteiger partial charge >= 0.3 is 5.97 Å². The number of rotatable bonds is 3. The van der Waals surface area contributed by atoms with Crippen molar-refractivity contribution in [2.24, 2.45) is 5.92 Å². The van der Waals surface area contributed by atoms with Gasteiger partial charge in [-0.05, 0) is 29.1 Å². The largest absolute Gasteiger partial charge is 0.481 e. The lowest BCUT2D eigenvalue weighted by molar-refractivity contribution is -0.138. The van der Waals surface area contributed by atoms with Crippen LogP contribution in [0.15, 0.2) is 4.63 Å². The van der Waals surface area contributed by atoms with E-state index in [0.717, 1.165) is 0 Å². The van der Waals surface area contributed by atoms with Crippen LogP contribution in [-0.4, -0.2) is 45.3 Å². The normalized spacial score (nSPS) is 16.8. The maximum Gasteiger partial charge on any atom is 0.303 e. The van der Waals surface area contributed by atoms with Crippen molar-refractivity contribution < 1.29 is 19.3 Å². The van der Waals surface area contributed by atoms with Crippen molar-refractivity contribution in [3.05, 3.63) is 5.69 Å². The zero-order chi connectivity index (χ0) is 13.1. The molecule has 2 rings (SSSR count). The molecule has 3 N–H and O–H groups in total. The van der Waals surface area contributed by atoms with Crippen LogP contribution >= 0.6 is 0 Å². The molecule has 1 aliphatic heterocycles. The number of carbonyl (C=O) groups is 2. The summed E-state index contributed by atoms with van der Waals surface area (Å²) in [5.74, 6) is -1.01. The molecular weight excluding hydrogens is 240 g/mol. The van der Waals surface area contributed by atoms with Gasteiger partial charge in [0.1, 0.15) is 0 Å². The maximum atomic E-state index is 12.0. The van der Waals surface area contributed by atoms with Crippen LogP contribution in [0.3, 0.4) is 0 Å². The van der Waals surface area contributed by atoms with E-state index in [0.29, 0.717) is 25.9 Å². The number of nitrogens with two attached hydrogens (primary N) is 1. The predicted octanol–water partition coefficient (Wildman–Crippen LogP) is -0.0213. The summed E-state index contributed by atoms with van der Waals surface area (Å²) in [7, 11) is 0. The molecule has 1 aliphatic rings. The molecule has 8 heteroatoms. The van der Waals surface area contributed by atoms with E-state index < -0.39 is 5.97 Å². The monoisotopic (exact) mass is 254 g/mol. The van der Waals surface area contributed by atoms with Crippen molar-refractivity contribution in [1.29, 1.82) is 0 Å². The Morgan fingerprint density at radius 2 is 2.06 bits per heavy atom. The lowest BCUT2D eigenvalue weighted by Crippen LogP contribution is -2.39. The number of piperidine rings is 1. The first-order valence-electron chi connectivity index (χ1n) is 5.67. The zero-order valence-electron chi connectivity index (χ0n) is 9.70. The van der Waals surface area contributed by atoms with E-state index in [4.69, 9.17) is 10.8 Å². The maximum absolute atomic E-state index is 12.0. The van der Waals surface area contributed by atoms with Gasteiger partial charge in [-0.3, -0.25) is 9.59 Å². The number of aliphatic carboxylic acids is 1. The van der Waals surface area contributed by atoms with Crippen molar-refractivity contribution in [3.63, 3.8) is 0 Å². The quantitative estimate of drug-likeness (QED) is 0.776. The van der Waals surface area contributed by atoms with Gasteiger partial charge in [-0.2, -0.15) is 0 Å². The Morgan fingerprint density at radius 1 is 1.39 bits per heavy atom. The molecule has 0 spiro atoms. The van der Waals surface area contributed by atoms with Gasteiger partial charge in [0.2, 0.25) is 11.5 Å². The Hall–Kier alpha value is -2.12. The number of amides is 1. The summed E-state index contributed by atoms with van der Waals surface area (Å²) in [5, 5.41) is 15.5. The number of carbonyl (C=O) groups excluding carboxylic acids is 1. The molecule has 1 aromatic rings. The number of carboxylic acid groups (broad SMARTS) is 1. The summed E-state index contributed by atoms with van der Waals surface area (Å²) in [6.45, 7) is 1.01. The molecular formula is C10H14N4O4. The van der Waals surface area contributed by atoms with Gasteiger partial charge < -0.3 is 15.7 Å². The number of nitrogens with zero attached hydrogens (tertiary/aromatic N) is 3. The van der Waals surface area contributed by atoms with Crippen molar-refractivity contribution in [2.45, 2.75) is 19.3 Å². The topological polar surface area (TPSA) is 123 Å². The smallest absolute Gasteiger partial charge is 0.303 e. The third-order valence-electron chi connectivity index (χ3n) is 3.08. The number of likely N-dealkylation sites (tertiary alicyclic amines) is 1. The summed E-state index contributed by atoms with van der Waals surface area (Å²) < 4.78 is 4.38. The number of nitrogen functional groups attached to an aromatic ring is 1. The van der Waals surface area contributed by atoms with Crippen LogP contribution in [0.25, 0.3) is 0 Å². The van der Waals surface area contributed by atoms with E-state index in [-0.39, 0.29) is 29.8 Å². The minimum Gasteiger partial charge on any atom is -0.481 e. The van der Waals surface area contributed by atoms with Crippen LogP contribution in [-0.2, 0) is 4.79 Å². The number of aromatic nitrogens is 2. The molecule has 0 bridgehead atoms. The average Bonchev–Trinajstić information content (AvgIpc) is 2.75. The zero-order valence-corrected chi connectivity index (χ0v) is 9.70. The Bertz CT molecular complexity index is 450. The van der Waals surface area contributed by atoms with E-state index in [1.165, 1.54) is 0 Å². The van der Waals surface area contributed by atoms with Gasteiger partial charge in [-0.15, -0.1) is 0 Å². The molecule has 98 valence electrons. The summed E-state index contributed by atoms with van der Waals surface area (Å²) in [4.78, 5) is 24.2. The molecule has 2 heterocycles. The highest BCUT2D eigenvalue weighted by Crippen LogP contribution is 2.22. The minimum absolute atomic E-state index is 0.0201. The van der Waals surface area contributed by atoms with Crippen LogP contribution in [0.4, 0.5) is 5.82 Å². The number of hydrogen-bond acceptors (Lipinski definition) is 6. The van der Waals surface area contributed by atoms with Crippen LogP contribution in [0, 0.1) is 5.92 Å². The van der Waals surface area contributed by atoms with Gasteiger partial charge in [0.15, 0.2) is 0 Å². The van der Waals surface area contributed by atoms with Gasteiger partial charge in [0.05, 0.1) is 0 Å². The van der Waals surface area contributed by atoms with E-state index in [1.54, 1.807) is 4.90 Å². The molecule has 0 unspecified atom stereocenters. The molecule has 1 aromatic heterocycles. The predicted molar refractivity (Wildman–Crippen MR) is 59.6 cm³/mol. The van der Waals surface area contributed by atoms with Crippen LogP contribution < -0.4 is 5.73 Å². The Morgan fingerprint density at radius 3 is 2.56 bits per heavy atom. The average molecular weight is 254 g/mol. The van der Waals surface area contributed by atoms with Crippen LogP contribution in [0.2, 0.25) is 0 Å². The van der Waals surface area contributed by atoms with Crippen molar-refractivity contribution >= 4 is 17.7 Å². The second kappa shape index (κ2) is 5.03. The van der Waals surface area contributed by atoms with Crippen LogP contribution in [0.1, 0.15) is 29.8 Å². The fourth-order valence-electron chi connectivity index (χ4n) is 2.08. The van der Waals surface area contributed by atoms with E-state index >= 15 is 0 Å². The summed E-state index contributed by atoms with van der Waals surface area (Å²) >= 11 is 0. The van der Waals surface area contributed by atoms with Gasteiger partial charge in [0, 0.05) is 19.5 Å². The molecule has 1 fully saturated rings. The fraction of sp³-hybridized carbons (Fsp3) is 0.600. The first kappa shape index (κ1) is 12.3. The highest BCUT2D eigenvalue weighted by molar-refractivity contribution is 5.96. The molecule has 1 saturated heterocycles. The summed E-state index contributed by atoms with van der Waals surface area (Å²) in [6.07, 6.45) is 1.49. The second-order valence-electron chi connectivity index (χ2n) is 4.33. The Kier molecular flexibility index (Phi) is 3.45. The molecule has 8 nitrogen and oxygen atoms in total. The van der Waals surface area contributed by atoms with Gasteiger partial charge in [-0.25, -0.2) is 4.63 Å². The lowest BCUT2D eigenvalue weighted by atomic mass is 9.93. The van der Waals surface area contributed by atoms with Crippen molar-refractivity contribution in [3.8, 4) is 0 Å². The first-order chi connectivity index (χ1) is 8.58. The van der Waals surface area contributed by atoms with Gasteiger partial charge in [0.25, 0.3) is 5.91 Å². The Labute approximate surface area is 103 Å². The van der Waals surface area contributed by atoms with Crippen LogP contribution in [0.5, 0.6) is 0 Å². The minimum atomic E-state index is -0.801. The van der Waals surface area contributed by atoms with Gasteiger partial charge in [-0.1, -0.05) is 0 Å². The van der Waals surface area contributed by atoms with E-state index in [2.05, 4.69) is 14.9 Å². The molecule has 1 amide bonds. The summed E-state index contributed by atoms with van der Waals surface area (Å²) in [6, 6.07) is 0. The highest BCUT2D eigenvalue weighted by Gasteiger charge is 2.28. The lowest BCUT2D eigenvalue weighted by Gasteiger charge is -2.30. The van der Waals surface area contributed by atoms with Crippen molar-refractivity contribution in [2.75, 3.05) is 18.8 Å². The molecule has 0 radical (unpaired) electrons. The number of hydrogen-bond donors (Lipinski definition) is 2.